The van der Waals surface area contributed by atoms with Crippen LogP contribution in [0.25, 0.3) is 6.08 Å². The zero-order valence-corrected chi connectivity index (χ0v) is 14.9. The number of alkyl halides is 3. The number of nitrogens with one attached hydrogen (secondary N) is 1. The van der Waals surface area contributed by atoms with E-state index < -0.39 is 35.9 Å². The highest BCUT2D eigenvalue weighted by Gasteiger charge is 2.52. The van der Waals surface area contributed by atoms with E-state index in [4.69, 9.17) is 9.31 Å². The first-order valence-electron chi connectivity index (χ1n) is 7.95. The summed E-state index contributed by atoms with van der Waals surface area (Å²) < 4.78 is 65.2. The van der Waals surface area contributed by atoms with Crippen LogP contribution in [0.3, 0.4) is 0 Å². The second-order valence-corrected chi connectivity index (χ2v) is 7.04. The van der Waals surface area contributed by atoms with Gasteiger partial charge in [0.25, 0.3) is 0 Å². The quantitative estimate of drug-likeness (QED) is 0.649. The monoisotopic (exact) mass is 359 g/mol. The number of halogens is 4. The average molecular weight is 359 g/mol. The normalized spacial score (nSPS) is 20.2. The Kier molecular flexibility index (Phi) is 5.38. The Bertz CT molecular complexity index is 655. The molecule has 2 rings (SSSR count). The zero-order valence-electron chi connectivity index (χ0n) is 14.9. The topological polar surface area (TPSA) is 30.5 Å². The van der Waals surface area contributed by atoms with Crippen LogP contribution in [0.2, 0.25) is 0 Å². The van der Waals surface area contributed by atoms with Crippen LogP contribution in [-0.4, -0.2) is 31.9 Å². The standard InChI is InChI=1S/C17H22BF4NO2/c1-15(2)16(3,4)25-18(24-15)12(10-23-5)9-11-7-6-8-13(19)14(11)17(20,21)22/h6-9,23H,10H2,1-5H3. The molecule has 1 fully saturated rings. The smallest absolute Gasteiger partial charge is 0.400 e. The molecule has 1 aliphatic heterocycles. The molecule has 0 aromatic heterocycles. The largest absolute Gasteiger partial charge is 0.491 e. The van der Waals surface area contributed by atoms with Gasteiger partial charge in [0.1, 0.15) is 5.82 Å². The van der Waals surface area contributed by atoms with Gasteiger partial charge in [0.2, 0.25) is 0 Å². The van der Waals surface area contributed by atoms with Gasteiger partial charge in [-0.15, -0.1) is 0 Å². The molecule has 8 heteroatoms. The summed E-state index contributed by atoms with van der Waals surface area (Å²) in [7, 11) is 0.844. The lowest BCUT2D eigenvalue weighted by Gasteiger charge is -2.32. The molecule has 1 saturated heterocycles. The van der Waals surface area contributed by atoms with Crippen LogP contribution in [0.15, 0.2) is 23.7 Å². The number of rotatable bonds is 4. The molecule has 1 aliphatic rings. The SMILES string of the molecule is CNCC(=Cc1cccc(F)c1C(F)(F)F)B1OC(C)(C)C(C)(C)O1. The Balaban J connectivity index is 2.48. The molecule has 0 bridgehead atoms. The molecule has 138 valence electrons. The van der Waals surface area contributed by atoms with Crippen LogP contribution in [0.4, 0.5) is 17.6 Å². The summed E-state index contributed by atoms with van der Waals surface area (Å²) in [5.41, 5.74) is -2.34. The lowest BCUT2D eigenvalue weighted by Crippen LogP contribution is -2.41. The van der Waals surface area contributed by atoms with Crippen molar-refractivity contribution in [2.75, 3.05) is 13.6 Å². The first-order chi connectivity index (χ1) is 11.4. The molecule has 0 aliphatic carbocycles. The van der Waals surface area contributed by atoms with Crippen molar-refractivity contribution in [1.82, 2.24) is 5.32 Å². The highest BCUT2D eigenvalue weighted by Crippen LogP contribution is 2.40. The lowest BCUT2D eigenvalue weighted by molar-refractivity contribution is -0.140. The van der Waals surface area contributed by atoms with Crippen LogP contribution in [-0.2, 0) is 15.5 Å². The Morgan fingerprint density at radius 3 is 2.20 bits per heavy atom. The molecule has 0 atom stereocenters. The summed E-state index contributed by atoms with van der Waals surface area (Å²) in [6.07, 6.45) is -3.51. The third-order valence-electron chi connectivity index (χ3n) is 4.61. The van der Waals surface area contributed by atoms with Crippen molar-refractivity contribution in [3.63, 3.8) is 0 Å². The fourth-order valence-electron chi connectivity index (χ4n) is 2.56. The maximum Gasteiger partial charge on any atom is 0.491 e. The van der Waals surface area contributed by atoms with E-state index in [1.165, 1.54) is 18.2 Å². The molecule has 1 aromatic carbocycles. The Morgan fingerprint density at radius 1 is 1.16 bits per heavy atom. The number of hydrogen-bond donors (Lipinski definition) is 1. The molecule has 0 spiro atoms. The van der Waals surface area contributed by atoms with Gasteiger partial charge >= 0.3 is 13.3 Å². The minimum absolute atomic E-state index is 0.241. The summed E-state index contributed by atoms with van der Waals surface area (Å²) in [5, 5.41) is 2.89. The van der Waals surface area contributed by atoms with Crippen molar-refractivity contribution >= 4 is 13.2 Å². The minimum atomic E-state index is -4.79. The zero-order chi connectivity index (χ0) is 19.0. The summed E-state index contributed by atoms with van der Waals surface area (Å²) in [4.78, 5) is 0. The average Bonchev–Trinajstić information content (AvgIpc) is 2.65. The van der Waals surface area contributed by atoms with Crippen LogP contribution in [0.5, 0.6) is 0 Å². The predicted octanol–water partition coefficient (Wildman–Crippen LogP) is 4.08. The van der Waals surface area contributed by atoms with Gasteiger partial charge in [-0.1, -0.05) is 18.2 Å². The van der Waals surface area contributed by atoms with Crippen LogP contribution in [0.1, 0.15) is 38.8 Å². The molecular formula is C17H22BF4NO2. The number of hydrogen-bond acceptors (Lipinski definition) is 3. The van der Waals surface area contributed by atoms with E-state index in [0.717, 1.165) is 6.07 Å². The van der Waals surface area contributed by atoms with Gasteiger partial charge in [-0.05, 0) is 51.8 Å². The van der Waals surface area contributed by atoms with Gasteiger partial charge in [-0.25, -0.2) is 4.39 Å². The maximum atomic E-state index is 13.8. The highest BCUT2D eigenvalue weighted by atomic mass is 19.4. The Hall–Kier alpha value is -1.38. The van der Waals surface area contributed by atoms with Gasteiger partial charge in [-0.3, -0.25) is 0 Å². The molecule has 0 unspecified atom stereocenters. The second kappa shape index (κ2) is 6.74. The fourth-order valence-corrected chi connectivity index (χ4v) is 2.56. The molecule has 0 radical (unpaired) electrons. The van der Waals surface area contributed by atoms with E-state index in [1.807, 2.05) is 27.7 Å². The van der Waals surface area contributed by atoms with E-state index in [0.29, 0.717) is 5.47 Å². The highest BCUT2D eigenvalue weighted by molar-refractivity contribution is 6.55. The van der Waals surface area contributed by atoms with E-state index >= 15 is 0 Å². The van der Waals surface area contributed by atoms with Crippen molar-refractivity contribution in [3.8, 4) is 0 Å². The Morgan fingerprint density at radius 2 is 1.72 bits per heavy atom. The number of benzene rings is 1. The summed E-state index contributed by atoms with van der Waals surface area (Å²) in [5.74, 6) is -1.31. The van der Waals surface area contributed by atoms with Crippen molar-refractivity contribution in [2.45, 2.75) is 45.1 Å². The Labute approximate surface area is 145 Å². The van der Waals surface area contributed by atoms with Gasteiger partial charge in [-0.2, -0.15) is 13.2 Å². The van der Waals surface area contributed by atoms with Crippen LogP contribution < -0.4 is 5.32 Å². The predicted molar refractivity (Wildman–Crippen MR) is 89.4 cm³/mol. The van der Waals surface area contributed by atoms with Gasteiger partial charge in [0.15, 0.2) is 0 Å². The maximum absolute atomic E-state index is 13.8. The first kappa shape index (κ1) is 19.9. The van der Waals surface area contributed by atoms with Crippen molar-refractivity contribution in [3.05, 3.63) is 40.6 Å². The summed E-state index contributed by atoms with van der Waals surface area (Å²) >= 11 is 0. The minimum Gasteiger partial charge on any atom is -0.400 e. The molecule has 0 amide bonds. The van der Waals surface area contributed by atoms with Crippen molar-refractivity contribution in [1.29, 1.82) is 0 Å². The molecule has 0 saturated carbocycles. The molecule has 1 aromatic rings. The molecule has 1 N–H and O–H groups in total. The van der Waals surface area contributed by atoms with E-state index in [1.54, 1.807) is 7.05 Å². The van der Waals surface area contributed by atoms with Crippen molar-refractivity contribution < 1.29 is 26.9 Å². The van der Waals surface area contributed by atoms with Gasteiger partial charge in [0.05, 0.1) is 16.8 Å². The number of likely N-dealkylation sites (N-methyl/N-ethyl adjacent to an activating group) is 1. The molecule has 25 heavy (non-hydrogen) atoms. The third kappa shape index (κ3) is 4.07. The fraction of sp³-hybridized carbons (Fsp3) is 0.529. The van der Waals surface area contributed by atoms with E-state index in [2.05, 4.69) is 5.32 Å². The van der Waals surface area contributed by atoms with E-state index in [-0.39, 0.29) is 12.1 Å². The third-order valence-corrected chi connectivity index (χ3v) is 4.61. The van der Waals surface area contributed by atoms with E-state index in [9.17, 15) is 17.6 Å². The first-order valence-corrected chi connectivity index (χ1v) is 7.95. The van der Waals surface area contributed by atoms with Crippen molar-refractivity contribution in [2.24, 2.45) is 0 Å². The van der Waals surface area contributed by atoms with Crippen LogP contribution in [0, 0.1) is 5.82 Å². The summed E-state index contributed by atoms with van der Waals surface area (Å²) in [6.45, 7) is 7.66. The van der Waals surface area contributed by atoms with Gasteiger partial charge < -0.3 is 14.6 Å². The lowest BCUT2D eigenvalue weighted by atomic mass is 9.76. The molecule has 3 nitrogen and oxygen atoms in total. The second-order valence-electron chi connectivity index (χ2n) is 7.04. The molecule has 1 heterocycles. The molecular weight excluding hydrogens is 337 g/mol. The van der Waals surface area contributed by atoms with Gasteiger partial charge in [0, 0.05) is 6.54 Å². The summed E-state index contributed by atoms with van der Waals surface area (Å²) in [6, 6.07) is 3.27. The van der Waals surface area contributed by atoms with Crippen LogP contribution >= 0.6 is 0 Å².